The number of nitrogens with zero attached hydrogens (tertiary/aromatic N) is 2. The summed E-state index contributed by atoms with van der Waals surface area (Å²) in [5.41, 5.74) is 7.59. The summed E-state index contributed by atoms with van der Waals surface area (Å²) < 4.78 is 5.67. The summed E-state index contributed by atoms with van der Waals surface area (Å²) in [6.45, 7) is 3.86. The molecule has 0 saturated carbocycles. The maximum absolute atomic E-state index is 5.91. The van der Waals surface area contributed by atoms with Crippen LogP contribution in [0, 0.1) is 6.92 Å². The van der Waals surface area contributed by atoms with Crippen LogP contribution in [0.3, 0.4) is 0 Å². The zero-order valence-electron chi connectivity index (χ0n) is 10.6. The number of anilines is 1. The predicted molar refractivity (Wildman–Crippen MR) is 69.2 cm³/mol. The van der Waals surface area contributed by atoms with Crippen molar-refractivity contribution in [2.45, 2.75) is 32.2 Å². The Balaban J connectivity index is 1.84. The van der Waals surface area contributed by atoms with Crippen LogP contribution in [0.5, 0.6) is 5.88 Å². The largest absolute Gasteiger partial charge is 0.476 e. The van der Waals surface area contributed by atoms with Crippen LogP contribution in [-0.2, 0) is 0 Å². The monoisotopic (exact) mass is 235 g/mol. The Morgan fingerprint density at radius 2 is 2.41 bits per heavy atom. The lowest BCUT2D eigenvalue weighted by atomic mass is 10.1. The van der Waals surface area contributed by atoms with E-state index in [1.807, 2.05) is 13.0 Å². The van der Waals surface area contributed by atoms with E-state index in [2.05, 4.69) is 16.9 Å². The maximum Gasteiger partial charge on any atom is 0.237 e. The fraction of sp³-hybridized carbons (Fsp3) is 0.615. The molecule has 2 rings (SSSR count). The Bertz CT molecular complexity index is 381. The van der Waals surface area contributed by atoms with Crippen molar-refractivity contribution in [1.29, 1.82) is 0 Å². The minimum atomic E-state index is 0.575. The van der Waals surface area contributed by atoms with Gasteiger partial charge in [-0.15, -0.1) is 0 Å². The molecule has 17 heavy (non-hydrogen) atoms. The number of rotatable bonds is 4. The van der Waals surface area contributed by atoms with Crippen LogP contribution < -0.4 is 10.5 Å². The number of hydrogen-bond donors (Lipinski definition) is 1. The van der Waals surface area contributed by atoms with Crippen molar-refractivity contribution < 1.29 is 4.74 Å². The van der Waals surface area contributed by atoms with Crippen LogP contribution in [0.25, 0.3) is 0 Å². The maximum atomic E-state index is 5.91. The number of aromatic nitrogens is 1. The highest BCUT2D eigenvalue weighted by Gasteiger charge is 2.20. The van der Waals surface area contributed by atoms with E-state index in [4.69, 9.17) is 10.5 Å². The van der Waals surface area contributed by atoms with E-state index in [9.17, 15) is 0 Å². The minimum Gasteiger partial charge on any atom is -0.476 e. The first-order chi connectivity index (χ1) is 8.18. The second-order valence-electron chi connectivity index (χ2n) is 4.76. The second-order valence-corrected chi connectivity index (χ2v) is 4.76. The Morgan fingerprint density at radius 3 is 3.12 bits per heavy atom. The molecular weight excluding hydrogens is 214 g/mol. The third-order valence-electron chi connectivity index (χ3n) is 3.53. The molecule has 1 saturated heterocycles. The summed E-state index contributed by atoms with van der Waals surface area (Å²) in [7, 11) is 2.18. The Morgan fingerprint density at radius 1 is 1.59 bits per heavy atom. The van der Waals surface area contributed by atoms with Crippen molar-refractivity contribution in [3.05, 3.63) is 17.8 Å². The molecule has 4 nitrogen and oxygen atoms in total. The van der Waals surface area contributed by atoms with E-state index >= 15 is 0 Å². The summed E-state index contributed by atoms with van der Waals surface area (Å²) in [6.07, 6.45) is 5.36. The van der Waals surface area contributed by atoms with E-state index in [-0.39, 0.29) is 0 Å². The molecular formula is C13H21N3O. The first-order valence-electron chi connectivity index (χ1n) is 6.22. The van der Waals surface area contributed by atoms with Crippen molar-refractivity contribution >= 4 is 5.69 Å². The minimum absolute atomic E-state index is 0.575. The molecule has 0 aromatic carbocycles. The first kappa shape index (κ1) is 12.2. The average Bonchev–Trinajstić information content (AvgIpc) is 2.71. The van der Waals surface area contributed by atoms with Crippen LogP contribution in [0.15, 0.2) is 12.3 Å². The normalized spacial score (nSPS) is 20.7. The van der Waals surface area contributed by atoms with Gasteiger partial charge in [0.1, 0.15) is 0 Å². The van der Waals surface area contributed by atoms with Gasteiger partial charge in [-0.1, -0.05) is 0 Å². The van der Waals surface area contributed by atoms with Gasteiger partial charge in [0.15, 0.2) is 0 Å². The van der Waals surface area contributed by atoms with Gasteiger partial charge in [0.05, 0.1) is 12.3 Å². The lowest BCUT2D eigenvalue weighted by molar-refractivity contribution is 0.229. The zero-order valence-corrected chi connectivity index (χ0v) is 10.6. The molecule has 4 heteroatoms. The topological polar surface area (TPSA) is 51.4 Å². The molecule has 94 valence electrons. The van der Waals surface area contributed by atoms with Crippen molar-refractivity contribution in [3.63, 3.8) is 0 Å². The number of aryl methyl sites for hydroxylation is 1. The van der Waals surface area contributed by atoms with Gasteiger partial charge in [-0.3, -0.25) is 0 Å². The van der Waals surface area contributed by atoms with Gasteiger partial charge >= 0.3 is 0 Å². The number of likely N-dealkylation sites (tertiary alicyclic amines) is 1. The van der Waals surface area contributed by atoms with Crippen molar-refractivity contribution in [2.75, 3.05) is 25.9 Å². The van der Waals surface area contributed by atoms with Gasteiger partial charge in [0.2, 0.25) is 5.88 Å². The van der Waals surface area contributed by atoms with Gasteiger partial charge in [-0.25, -0.2) is 4.98 Å². The number of pyridine rings is 1. The summed E-state index contributed by atoms with van der Waals surface area (Å²) >= 11 is 0. The highest BCUT2D eigenvalue weighted by Crippen LogP contribution is 2.22. The second kappa shape index (κ2) is 5.36. The highest BCUT2D eigenvalue weighted by atomic mass is 16.5. The van der Waals surface area contributed by atoms with Crippen molar-refractivity contribution in [2.24, 2.45) is 0 Å². The van der Waals surface area contributed by atoms with Crippen LogP contribution in [-0.4, -0.2) is 36.1 Å². The Hall–Kier alpha value is -1.29. The molecule has 2 heterocycles. The summed E-state index contributed by atoms with van der Waals surface area (Å²) in [6, 6.07) is 2.55. The summed E-state index contributed by atoms with van der Waals surface area (Å²) in [5, 5.41) is 0. The van der Waals surface area contributed by atoms with Gasteiger partial charge in [0, 0.05) is 12.2 Å². The molecule has 1 unspecified atom stereocenters. The van der Waals surface area contributed by atoms with Crippen LogP contribution >= 0.6 is 0 Å². The average molecular weight is 235 g/mol. The van der Waals surface area contributed by atoms with Gasteiger partial charge in [0.25, 0.3) is 0 Å². The lowest BCUT2D eigenvalue weighted by Gasteiger charge is -2.19. The molecule has 1 atom stereocenters. The van der Waals surface area contributed by atoms with Gasteiger partial charge in [-0.2, -0.15) is 0 Å². The molecule has 1 aromatic heterocycles. The molecule has 1 fully saturated rings. The van der Waals surface area contributed by atoms with Gasteiger partial charge < -0.3 is 15.4 Å². The molecule has 0 amide bonds. The first-order valence-corrected chi connectivity index (χ1v) is 6.22. The summed E-state index contributed by atoms with van der Waals surface area (Å²) in [5.74, 6) is 0.575. The molecule has 2 N–H and O–H groups in total. The number of ether oxygens (including phenoxy) is 1. The quantitative estimate of drug-likeness (QED) is 0.865. The van der Waals surface area contributed by atoms with Crippen molar-refractivity contribution in [1.82, 2.24) is 9.88 Å². The third kappa shape index (κ3) is 2.88. The zero-order chi connectivity index (χ0) is 12.3. The van der Waals surface area contributed by atoms with E-state index in [0.29, 0.717) is 24.2 Å². The predicted octanol–water partition coefficient (Wildman–Crippen LogP) is 1.84. The Labute approximate surface area is 103 Å². The molecule has 0 spiro atoms. The standard InChI is InChI=1S/C13H21N3O/c1-10-5-7-15-13(12(10)14)17-9-6-11-4-3-8-16(11)2/h5,7,11H,3-4,6,8-9,14H2,1-2H3. The molecule has 0 radical (unpaired) electrons. The SMILES string of the molecule is Cc1ccnc(OCCC2CCCN2C)c1N. The molecule has 0 aliphatic carbocycles. The highest BCUT2D eigenvalue weighted by molar-refractivity contribution is 5.53. The van der Waals surface area contributed by atoms with E-state index < -0.39 is 0 Å². The number of hydrogen-bond acceptors (Lipinski definition) is 4. The van der Waals surface area contributed by atoms with Crippen LogP contribution in [0.1, 0.15) is 24.8 Å². The van der Waals surface area contributed by atoms with Crippen molar-refractivity contribution in [3.8, 4) is 5.88 Å². The third-order valence-corrected chi connectivity index (χ3v) is 3.53. The summed E-state index contributed by atoms with van der Waals surface area (Å²) in [4.78, 5) is 6.56. The smallest absolute Gasteiger partial charge is 0.237 e. The molecule has 0 bridgehead atoms. The molecule has 1 aliphatic rings. The van der Waals surface area contributed by atoms with E-state index in [1.54, 1.807) is 6.20 Å². The molecule has 1 aliphatic heterocycles. The number of nitrogens with two attached hydrogens (primary N) is 1. The van der Waals surface area contributed by atoms with Crippen LogP contribution in [0.2, 0.25) is 0 Å². The number of nitrogen functional groups attached to an aromatic ring is 1. The molecule has 1 aromatic rings. The van der Waals surface area contributed by atoms with Gasteiger partial charge in [-0.05, 0) is 51.4 Å². The fourth-order valence-corrected chi connectivity index (χ4v) is 2.30. The van der Waals surface area contributed by atoms with E-state index in [0.717, 1.165) is 12.0 Å². The Kier molecular flexibility index (Phi) is 3.84. The van der Waals surface area contributed by atoms with E-state index in [1.165, 1.54) is 19.4 Å². The lowest BCUT2D eigenvalue weighted by Crippen LogP contribution is -2.26. The fourth-order valence-electron chi connectivity index (χ4n) is 2.30. The van der Waals surface area contributed by atoms with Crippen LogP contribution in [0.4, 0.5) is 5.69 Å².